The van der Waals surface area contributed by atoms with Crippen LogP contribution in [0.2, 0.25) is 0 Å². The zero-order chi connectivity index (χ0) is 15.0. The van der Waals surface area contributed by atoms with E-state index in [1.54, 1.807) is 18.2 Å². The molecule has 0 saturated heterocycles. The Morgan fingerprint density at radius 2 is 1.95 bits per heavy atom. The van der Waals surface area contributed by atoms with E-state index in [0.717, 1.165) is 16.6 Å². The van der Waals surface area contributed by atoms with Crippen molar-refractivity contribution in [2.24, 2.45) is 0 Å². The second-order valence-electron chi connectivity index (χ2n) is 4.96. The predicted molar refractivity (Wildman–Crippen MR) is 77.6 cm³/mol. The zero-order valence-electron chi connectivity index (χ0n) is 10.9. The van der Waals surface area contributed by atoms with Crippen molar-refractivity contribution >= 4 is 21.7 Å². The average molecular weight is 353 g/mol. The number of benzene rings is 2. The summed E-state index contributed by atoms with van der Waals surface area (Å²) in [4.78, 5) is 12.1. The van der Waals surface area contributed by atoms with Crippen LogP contribution >= 0.6 is 15.9 Å². The fourth-order valence-corrected chi connectivity index (χ4v) is 2.77. The number of halogens is 3. The molecule has 1 aliphatic rings. The molecule has 0 saturated carbocycles. The van der Waals surface area contributed by atoms with Crippen molar-refractivity contribution in [2.45, 2.75) is 18.9 Å². The Labute approximate surface area is 128 Å². The molecule has 21 heavy (non-hydrogen) atoms. The molecule has 0 radical (unpaired) electrons. The Hall–Kier alpha value is -1.75. The van der Waals surface area contributed by atoms with Crippen molar-refractivity contribution < 1.29 is 18.3 Å². The van der Waals surface area contributed by atoms with Crippen LogP contribution in [-0.4, -0.2) is 11.9 Å². The van der Waals surface area contributed by atoms with E-state index in [2.05, 4.69) is 15.9 Å². The SMILES string of the molecule is O=C1CC(Cc2ccc(F)c(F)c2)Oc2ccc(Br)cc21. The smallest absolute Gasteiger partial charge is 0.170 e. The van der Waals surface area contributed by atoms with E-state index in [9.17, 15) is 13.6 Å². The summed E-state index contributed by atoms with van der Waals surface area (Å²) in [7, 11) is 0. The van der Waals surface area contributed by atoms with Crippen LogP contribution in [0, 0.1) is 11.6 Å². The van der Waals surface area contributed by atoms with Crippen molar-refractivity contribution in [1.82, 2.24) is 0 Å². The first-order chi connectivity index (χ1) is 10.0. The van der Waals surface area contributed by atoms with Gasteiger partial charge in [0.05, 0.1) is 5.56 Å². The molecule has 2 nitrogen and oxygen atoms in total. The fraction of sp³-hybridized carbons (Fsp3) is 0.188. The van der Waals surface area contributed by atoms with E-state index in [-0.39, 0.29) is 18.3 Å². The minimum absolute atomic E-state index is 0.00914. The third-order valence-corrected chi connectivity index (χ3v) is 3.89. The minimum Gasteiger partial charge on any atom is -0.489 e. The van der Waals surface area contributed by atoms with Crippen LogP contribution in [0.4, 0.5) is 8.78 Å². The lowest BCUT2D eigenvalue weighted by Gasteiger charge is -2.25. The Balaban J connectivity index is 1.81. The number of hydrogen-bond acceptors (Lipinski definition) is 2. The first-order valence-electron chi connectivity index (χ1n) is 6.46. The number of carbonyl (C=O) groups excluding carboxylic acids is 1. The zero-order valence-corrected chi connectivity index (χ0v) is 12.5. The number of ketones is 1. The van der Waals surface area contributed by atoms with Gasteiger partial charge in [0.1, 0.15) is 11.9 Å². The molecule has 1 aliphatic heterocycles. The van der Waals surface area contributed by atoms with E-state index in [4.69, 9.17) is 4.74 Å². The van der Waals surface area contributed by atoms with Gasteiger partial charge in [0.2, 0.25) is 0 Å². The van der Waals surface area contributed by atoms with E-state index in [1.807, 2.05) is 0 Å². The molecule has 1 heterocycles. The van der Waals surface area contributed by atoms with E-state index < -0.39 is 11.6 Å². The van der Waals surface area contributed by atoms with Crippen LogP contribution in [0.5, 0.6) is 5.75 Å². The highest BCUT2D eigenvalue weighted by Gasteiger charge is 2.26. The summed E-state index contributed by atoms with van der Waals surface area (Å²) >= 11 is 3.32. The summed E-state index contributed by atoms with van der Waals surface area (Å²) < 4.78 is 32.7. The maximum absolute atomic E-state index is 13.2. The lowest BCUT2D eigenvalue weighted by molar-refractivity contribution is 0.0851. The van der Waals surface area contributed by atoms with Gasteiger partial charge < -0.3 is 4.74 Å². The molecule has 0 bridgehead atoms. The lowest BCUT2D eigenvalue weighted by atomic mass is 9.96. The Morgan fingerprint density at radius 1 is 1.14 bits per heavy atom. The van der Waals surface area contributed by atoms with Crippen LogP contribution in [0.25, 0.3) is 0 Å². The molecule has 0 spiro atoms. The quantitative estimate of drug-likeness (QED) is 0.805. The van der Waals surface area contributed by atoms with Gasteiger partial charge in [0, 0.05) is 17.3 Å². The van der Waals surface area contributed by atoms with E-state index in [0.29, 0.717) is 23.3 Å². The van der Waals surface area contributed by atoms with Crippen LogP contribution in [0.3, 0.4) is 0 Å². The molecule has 1 atom stereocenters. The Morgan fingerprint density at radius 3 is 2.71 bits per heavy atom. The molecule has 1 unspecified atom stereocenters. The molecule has 0 aliphatic carbocycles. The average Bonchev–Trinajstić information content (AvgIpc) is 2.44. The Bertz CT molecular complexity index is 715. The third kappa shape index (κ3) is 2.97. The van der Waals surface area contributed by atoms with Crippen molar-refractivity contribution in [3.05, 3.63) is 63.6 Å². The molecule has 0 fully saturated rings. The molecule has 108 valence electrons. The summed E-state index contributed by atoms with van der Waals surface area (Å²) in [6, 6.07) is 8.98. The molecule has 2 aromatic rings. The molecular formula is C16H11BrF2O2. The second kappa shape index (κ2) is 5.56. The number of Topliss-reactive ketones (excluding diaryl/α,β-unsaturated/α-hetero) is 1. The molecule has 5 heteroatoms. The highest BCUT2D eigenvalue weighted by Crippen LogP contribution is 2.31. The minimum atomic E-state index is -0.890. The maximum atomic E-state index is 13.2. The van der Waals surface area contributed by atoms with Gasteiger partial charge in [-0.1, -0.05) is 22.0 Å². The first-order valence-corrected chi connectivity index (χ1v) is 7.25. The molecular weight excluding hydrogens is 342 g/mol. The number of ether oxygens (including phenoxy) is 1. The van der Waals surface area contributed by atoms with Crippen LogP contribution in [0.1, 0.15) is 22.3 Å². The summed E-state index contributed by atoms with van der Waals surface area (Å²) in [5.74, 6) is -1.25. The summed E-state index contributed by atoms with van der Waals surface area (Å²) in [6.45, 7) is 0. The summed E-state index contributed by atoms with van der Waals surface area (Å²) in [5, 5.41) is 0. The highest BCUT2D eigenvalue weighted by molar-refractivity contribution is 9.10. The van der Waals surface area contributed by atoms with Crippen LogP contribution in [0.15, 0.2) is 40.9 Å². The second-order valence-corrected chi connectivity index (χ2v) is 5.88. The number of carbonyl (C=O) groups is 1. The normalized spacial score (nSPS) is 17.3. The van der Waals surface area contributed by atoms with Crippen molar-refractivity contribution in [1.29, 1.82) is 0 Å². The van der Waals surface area contributed by atoms with E-state index in [1.165, 1.54) is 6.07 Å². The molecule has 0 aromatic heterocycles. The molecule has 0 N–H and O–H groups in total. The summed E-state index contributed by atoms with van der Waals surface area (Å²) in [5.41, 5.74) is 1.15. The monoisotopic (exact) mass is 352 g/mol. The van der Waals surface area contributed by atoms with Crippen molar-refractivity contribution in [3.63, 3.8) is 0 Å². The molecule has 0 amide bonds. The van der Waals surface area contributed by atoms with Gasteiger partial charge in [0.15, 0.2) is 17.4 Å². The van der Waals surface area contributed by atoms with Gasteiger partial charge in [-0.2, -0.15) is 0 Å². The van der Waals surface area contributed by atoms with Crippen molar-refractivity contribution in [2.75, 3.05) is 0 Å². The van der Waals surface area contributed by atoms with Gasteiger partial charge in [-0.3, -0.25) is 4.79 Å². The molecule has 2 aromatic carbocycles. The van der Waals surface area contributed by atoms with Crippen molar-refractivity contribution in [3.8, 4) is 5.75 Å². The van der Waals surface area contributed by atoms with Gasteiger partial charge >= 0.3 is 0 Å². The first kappa shape index (κ1) is 14.2. The largest absolute Gasteiger partial charge is 0.489 e. The van der Waals surface area contributed by atoms with Gasteiger partial charge in [0.25, 0.3) is 0 Å². The van der Waals surface area contributed by atoms with Crippen LogP contribution < -0.4 is 4.74 Å². The number of hydrogen-bond donors (Lipinski definition) is 0. The number of rotatable bonds is 2. The fourth-order valence-electron chi connectivity index (χ4n) is 2.40. The maximum Gasteiger partial charge on any atom is 0.170 e. The topological polar surface area (TPSA) is 26.3 Å². The third-order valence-electron chi connectivity index (χ3n) is 3.40. The molecule has 3 rings (SSSR count). The Kier molecular flexibility index (Phi) is 3.76. The van der Waals surface area contributed by atoms with E-state index >= 15 is 0 Å². The van der Waals surface area contributed by atoms with Gasteiger partial charge in [-0.15, -0.1) is 0 Å². The predicted octanol–water partition coefficient (Wildman–Crippen LogP) is 4.30. The van der Waals surface area contributed by atoms with Gasteiger partial charge in [-0.05, 0) is 35.9 Å². The van der Waals surface area contributed by atoms with Crippen LogP contribution in [-0.2, 0) is 6.42 Å². The lowest BCUT2D eigenvalue weighted by Crippen LogP contribution is -2.28. The highest BCUT2D eigenvalue weighted by atomic mass is 79.9. The summed E-state index contributed by atoms with van der Waals surface area (Å²) in [6.07, 6.45) is 0.219. The van der Waals surface area contributed by atoms with Gasteiger partial charge in [-0.25, -0.2) is 8.78 Å². The standard InChI is InChI=1S/C16H11BrF2O2/c17-10-2-4-16-12(7-10)15(20)8-11(21-16)5-9-1-3-13(18)14(19)6-9/h1-4,6-7,11H,5,8H2. The number of fused-ring (bicyclic) bond motifs is 1.